The number of amides is 2. The number of hydrogen-bond acceptors (Lipinski definition) is 3. The minimum atomic E-state index is -0.497. The molecule has 2 aromatic carbocycles. The zero-order valence-corrected chi connectivity index (χ0v) is 14.9. The molecule has 0 bridgehead atoms. The lowest BCUT2D eigenvalue weighted by Gasteiger charge is -2.09. The van der Waals surface area contributed by atoms with Gasteiger partial charge in [-0.3, -0.25) is 9.59 Å². The van der Waals surface area contributed by atoms with Crippen molar-refractivity contribution < 1.29 is 9.59 Å². The van der Waals surface area contributed by atoms with E-state index in [-0.39, 0.29) is 16.4 Å². The summed E-state index contributed by atoms with van der Waals surface area (Å²) in [6.07, 6.45) is 0. The summed E-state index contributed by atoms with van der Waals surface area (Å²) in [5, 5.41) is 5.92. The summed E-state index contributed by atoms with van der Waals surface area (Å²) in [6, 6.07) is 18.5. The topological polar surface area (TPSA) is 71.1 Å². The number of para-hydroxylation sites is 1. The summed E-state index contributed by atoms with van der Waals surface area (Å²) in [5.74, 6) is -0.907. The standard InChI is InChI=1S/C19H13Cl2N3O2/c20-13-8-4-9-14(17(13)21)24-19(26)16-11-5-10-15(23-16)18(25)22-12-6-2-1-3-7-12/h1-11H,(H,22,25)(H,24,26). The van der Waals surface area contributed by atoms with Gasteiger partial charge in [-0.1, -0.05) is 53.5 Å². The summed E-state index contributed by atoms with van der Waals surface area (Å²) in [5.41, 5.74) is 1.21. The monoisotopic (exact) mass is 385 g/mol. The Labute approximate surface area is 160 Å². The van der Waals surface area contributed by atoms with Gasteiger partial charge in [0.2, 0.25) is 0 Å². The lowest BCUT2D eigenvalue weighted by molar-refractivity contribution is 0.101. The van der Waals surface area contributed by atoms with Gasteiger partial charge in [-0.2, -0.15) is 0 Å². The maximum atomic E-state index is 12.4. The summed E-state index contributed by atoms with van der Waals surface area (Å²) in [4.78, 5) is 28.8. The highest BCUT2D eigenvalue weighted by atomic mass is 35.5. The first-order valence-electron chi connectivity index (χ1n) is 7.63. The SMILES string of the molecule is O=C(Nc1ccccc1)c1cccc(C(=O)Nc2cccc(Cl)c2Cl)n1. The molecule has 0 unspecified atom stereocenters. The van der Waals surface area contributed by atoms with Crippen molar-refractivity contribution in [3.63, 3.8) is 0 Å². The Balaban J connectivity index is 1.77. The number of rotatable bonds is 4. The molecule has 0 radical (unpaired) electrons. The molecule has 0 spiro atoms. The minimum Gasteiger partial charge on any atom is -0.321 e. The number of nitrogens with zero attached hydrogens (tertiary/aromatic N) is 1. The molecule has 2 amide bonds. The van der Waals surface area contributed by atoms with E-state index in [1.165, 1.54) is 12.1 Å². The molecule has 3 aromatic rings. The molecule has 0 atom stereocenters. The van der Waals surface area contributed by atoms with E-state index in [0.29, 0.717) is 16.4 Å². The number of benzene rings is 2. The third-order valence-electron chi connectivity index (χ3n) is 3.45. The molecule has 1 aromatic heterocycles. The number of nitrogens with one attached hydrogen (secondary N) is 2. The van der Waals surface area contributed by atoms with E-state index in [4.69, 9.17) is 23.2 Å². The van der Waals surface area contributed by atoms with Gasteiger partial charge in [0, 0.05) is 5.69 Å². The van der Waals surface area contributed by atoms with Gasteiger partial charge in [-0.25, -0.2) is 4.98 Å². The molecular formula is C19H13Cl2N3O2. The third kappa shape index (κ3) is 4.20. The van der Waals surface area contributed by atoms with Crippen LogP contribution in [0.1, 0.15) is 21.0 Å². The van der Waals surface area contributed by atoms with Crippen molar-refractivity contribution >= 4 is 46.4 Å². The molecule has 0 saturated carbocycles. The Bertz CT molecular complexity index is 962. The lowest BCUT2D eigenvalue weighted by atomic mass is 10.2. The Morgan fingerprint density at radius 1 is 0.731 bits per heavy atom. The fraction of sp³-hybridized carbons (Fsp3) is 0. The molecule has 26 heavy (non-hydrogen) atoms. The average Bonchev–Trinajstić information content (AvgIpc) is 2.66. The largest absolute Gasteiger partial charge is 0.321 e. The van der Waals surface area contributed by atoms with Crippen LogP contribution in [-0.2, 0) is 0 Å². The summed E-state index contributed by atoms with van der Waals surface area (Å²) in [6.45, 7) is 0. The van der Waals surface area contributed by atoms with Crippen LogP contribution in [0.25, 0.3) is 0 Å². The lowest BCUT2D eigenvalue weighted by Crippen LogP contribution is -2.18. The fourth-order valence-corrected chi connectivity index (χ4v) is 2.54. The van der Waals surface area contributed by atoms with E-state index < -0.39 is 11.8 Å². The van der Waals surface area contributed by atoms with Crippen molar-refractivity contribution in [2.24, 2.45) is 0 Å². The Hall–Kier alpha value is -2.89. The quantitative estimate of drug-likeness (QED) is 0.671. The Morgan fingerprint density at radius 2 is 1.35 bits per heavy atom. The van der Waals surface area contributed by atoms with Crippen LogP contribution >= 0.6 is 23.2 Å². The predicted molar refractivity (Wildman–Crippen MR) is 103 cm³/mol. The zero-order chi connectivity index (χ0) is 18.5. The molecule has 0 saturated heterocycles. The Morgan fingerprint density at radius 3 is 2.04 bits per heavy atom. The average molecular weight is 386 g/mol. The summed E-state index contributed by atoms with van der Waals surface area (Å²) in [7, 11) is 0. The molecule has 5 nitrogen and oxygen atoms in total. The van der Waals surface area contributed by atoms with Crippen molar-refractivity contribution in [3.05, 3.63) is 88.2 Å². The van der Waals surface area contributed by atoms with Gasteiger partial charge in [-0.15, -0.1) is 0 Å². The predicted octanol–water partition coefficient (Wildman–Crippen LogP) is 4.89. The molecule has 0 aliphatic heterocycles. The molecule has 3 rings (SSSR count). The fourth-order valence-electron chi connectivity index (χ4n) is 2.19. The van der Waals surface area contributed by atoms with Gasteiger partial charge in [0.05, 0.1) is 15.7 Å². The summed E-state index contributed by atoms with van der Waals surface area (Å²) < 4.78 is 0. The van der Waals surface area contributed by atoms with Gasteiger partial charge < -0.3 is 10.6 Å². The Kier molecular flexibility index (Phi) is 5.51. The highest BCUT2D eigenvalue weighted by Gasteiger charge is 2.14. The zero-order valence-electron chi connectivity index (χ0n) is 13.4. The van der Waals surface area contributed by atoms with Gasteiger partial charge in [-0.05, 0) is 36.4 Å². The number of pyridine rings is 1. The number of halogens is 2. The minimum absolute atomic E-state index is 0.0850. The molecule has 7 heteroatoms. The molecular weight excluding hydrogens is 373 g/mol. The molecule has 0 fully saturated rings. The second-order valence-corrected chi connectivity index (χ2v) is 6.07. The van der Waals surface area contributed by atoms with Crippen LogP contribution in [0, 0.1) is 0 Å². The molecule has 0 aliphatic rings. The van der Waals surface area contributed by atoms with Gasteiger partial charge in [0.25, 0.3) is 11.8 Å². The molecule has 130 valence electrons. The maximum absolute atomic E-state index is 12.4. The van der Waals surface area contributed by atoms with E-state index in [2.05, 4.69) is 15.6 Å². The first kappa shape index (κ1) is 17.9. The van der Waals surface area contributed by atoms with Crippen molar-refractivity contribution in [2.75, 3.05) is 10.6 Å². The molecule has 0 aliphatic carbocycles. The molecule has 1 heterocycles. The number of carbonyl (C=O) groups excluding carboxylic acids is 2. The van der Waals surface area contributed by atoms with E-state index in [1.54, 1.807) is 36.4 Å². The van der Waals surface area contributed by atoms with E-state index in [0.717, 1.165) is 0 Å². The van der Waals surface area contributed by atoms with Gasteiger partial charge in [0.1, 0.15) is 11.4 Å². The highest BCUT2D eigenvalue weighted by Crippen LogP contribution is 2.29. The van der Waals surface area contributed by atoms with Crippen LogP contribution in [0.5, 0.6) is 0 Å². The second-order valence-electron chi connectivity index (χ2n) is 5.28. The van der Waals surface area contributed by atoms with E-state index in [9.17, 15) is 9.59 Å². The van der Waals surface area contributed by atoms with Crippen molar-refractivity contribution in [2.45, 2.75) is 0 Å². The number of aromatic nitrogens is 1. The number of anilines is 2. The second kappa shape index (κ2) is 7.99. The van der Waals surface area contributed by atoms with Crippen LogP contribution in [0.15, 0.2) is 66.7 Å². The van der Waals surface area contributed by atoms with Gasteiger partial charge >= 0.3 is 0 Å². The number of carbonyl (C=O) groups is 2. The van der Waals surface area contributed by atoms with Crippen molar-refractivity contribution in [1.82, 2.24) is 4.98 Å². The smallest absolute Gasteiger partial charge is 0.274 e. The first-order chi connectivity index (χ1) is 12.5. The molecule has 2 N–H and O–H groups in total. The van der Waals surface area contributed by atoms with Crippen LogP contribution in [0.4, 0.5) is 11.4 Å². The van der Waals surface area contributed by atoms with E-state index in [1.807, 2.05) is 18.2 Å². The van der Waals surface area contributed by atoms with Crippen LogP contribution in [-0.4, -0.2) is 16.8 Å². The van der Waals surface area contributed by atoms with Crippen molar-refractivity contribution in [3.8, 4) is 0 Å². The normalized spacial score (nSPS) is 10.2. The highest BCUT2D eigenvalue weighted by molar-refractivity contribution is 6.44. The summed E-state index contributed by atoms with van der Waals surface area (Å²) >= 11 is 12.0. The van der Waals surface area contributed by atoms with Crippen LogP contribution in [0.3, 0.4) is 0 Å². The number of hydrogen-bond donors (Lipinski definition) is 2. The maximum Gasteiger partial charge on any atom is 0.274 e. The third-order valence-corrected chi connectivity index (χ3v) is 4.26. The van der Waals surface area contributed by atoms with Gasteiger partial charge in [0.15, 0.2) is 0 Å². The van der Waals surface area contributed by atoms with E-state index >= 15 is 0 Å². The van der Waals surface area contributed by atoms with Crippen LogP contribution in [0.2, 0.25) is 10.0 Å². The first-order valence-corrected chi connectivity index (χ1v) is 8.39. The van der Waals surface area contributed by atoms with Crippen LogP contribution < -0.4 is 10.6 Å². The van der Waals surface area contributed by atoms with Crippen molar-refractivity contribution in [1.29, 1.82) is 0 Å².